The minimum absolute atomic E-state index is 0.00750. The topological polar surface area (TPSA) is 76.0 Å². The van der Waals surface area contributed by atoms with E-state index in [1.54, 1.807) is 7.11 Å². The molecule has 2 fully saturated rings. The molecule has 0 aromatic carbocycles. The number of ether oxygens (including phenoxy) is 2. The van der Waals surface area contributed by atoms with Gasteiger partial charge in [0.25, 0.3) is 0 Å². The monoisotopic (exact) mass is 470 g/mol. The first-order valence-electron chi connectivity index (χ1n) is 13.3. The van der Waals surface area contributed by atoms with Gasteiger partial charge in [0.15, 0.2) is 0 Å². The Balaban J connectivity index is 1.40. The minimum atomic E-state index is -0.382. The number of esters is 1. The van der Waals surface area contributed by atoms with Crippen molar-refractivity contribution < 1.29 is 24.5 Å². The molecule has 5 nitrogen and oxygen atoms in total. The number of carbonyl (C=O) groups is 1. The van der Waals surface area contributed by atoms with E-state index in [1.165, 1.54) is 12.0 Å². The maximum atomic E-state index is 12.5. The lowest BCUT2D eigenvalue weighted by Crippen LogP contribution is -2.54. The molecule has 5 heteroatoms. The molecule has 2 N–H and O–H groups in total. The lowest BCUT2D eigenvalue weighted by atomic mass is 9.47. The van der Waals surface area contributed by atoms with Gasteiger partial charge in [0.2, 0.25) is 0 Å². The van der Waals surface area contributed by atoms with Crippen molar-refractivity contribution in [1.82, 2.24) is 0 Å². The Morgan fingerprint density at radius 1 is 1.24 bits per heavy atom. The quantitative estimate of drug-likeness (QED) is 0.588. The fourth-order valence-electron chi connectivity index (χ4n) is 8.85. The van der Waals surface area contributed by atoms with E-state index in [9.17, 15) is 15.0 Å². The molecule has 0 bridgehead atoms. The molecular weight excluding hydrogens is 428 g/mol. The zero-order valence-corrected chi connectivity index (χ0v) is 21.4. The number of methoxy groups -OCH3 is 1. The summed E-state index contributed by atoms with van der Waals surface area (Å²) in [6, 6.07) is 0. The van der Waals surface area contributed by atoms with Gasteiger partial charge in [-0.05, 0) is 73.2 Å². The molecule has 1 heterocycles. The third kappa shape index (κ3) is 3.41. The van der Waals surface area contributed by atoms with Crippen molar-refractivity contribution in [2.75, 3.05) is 13.7 Å². The van der Waals surface area contributed by atoms with Crippen LogP contribution in [0.5, 0.6) is 0 Å². The molecule has 0 amide bonds. The summed E-state index contributed by atoms with van der Waals surface area (Å²) >= 11 is 0. The molecule has 1 aliphatic heterocycles. The Kier molecular flexibility index (Phi) is 6.14. The van der Waals surface area contributed by atoms with Crippen LogP contribution in [-0.4, -0.2) is 48.2 Å². The molecular formula is C29H42O5. The lowest BCUT2D eigenvalue weighted by Gasteiger charge is -2.58. The SMILES string of the molecule is CO[C@@H]1C=C2C=C[C@H]3[C@@H]4CC[C@H]([C@H](C)C5CC(C)=C(CO)C(=O)O5)[C@@]4(C)CC[C@@H]3[C@@]2(C)[C@@H](O)C1. The van der Waals surface area contributed by atoms with Crippen LogP contribution in [0.25, 0.3) is 0 Å². The smallest absolute Gasteiger partial charge is 0.336 e. The fraction of sp³-hybridized carbons (Fsp3) is 0.759. The molecule has 188 valence electrons. The van der Waals surface area contributed by atoms with E-state index in [4.69, 9.17) is 9.47 Å². The van der Waals surface area contributed by atoms with Crippen molar-refractivity contribution >= 4 is 5.97 Å². The van der Waals surface area contributed by atoms with Crippen LogP contribution in [0.2, 0.25) is 0 Å². The van der Waals surface area contributed by atoms with Crippen LogP contribution in [0.3, 0.4) is 0 Å². The van der Waals surface area contributed by atoms with E-state index in [0.717, 1.165) is 31.3 Å². The highest BCUT2D eigenvalue weighted by atomic mass is 16.5. The maximum Gasteiger partial charge on any atom is 0.336 e. The summed E-state index contributed by atoms with van der Waals surface area (Å²) < 4.78 is 11.4. The minimum Gasteiger partial charge on any atom is -0.458 e. The van der Waals surface area contributed by atoms with E-state index in [-0.39, 0.29) is 47.6 Å². The first-order valence-corrected chi connectivity index (χ1v) is 13.3. The third-order valence-corrected chi connectivity index (χ3v) is 11.0. The van der Waals surface area contributed by atoms with Gasteiger partial charge in [0, 0.05) is 25.4 Å². The number of hydrogen-bond acceptors (Lipinski definition) is 5. The highest BCUT2D eigenvalue weighted by molar-refractivity contribution is 5.90. The first kappa shape index (κ1) is 24.3. The van der Waals surface area contributed by atoms with Crippen molar-refractivity contribution in [3.05, 3.63) is 34.9 Å². The molecule has 1 unspecified atom stereocenters. The largest absolute Gasteiger partial charge is 0.458 e. The number of rotatable bonds is 4. The van der Waals surface area contributed by atoms with Crippen LogP contribution in [0.15, 0.2) is 34.9 Å². The lowest BCUT2D eigenvalue weighted by molar-refractivity contribution is -0.152. The molecule has 0 saturated heterocycles. The summed E-state index contributed by atoms with van der Waals surface area (Å²) in [6.45, 7) is 8.75. The molecule has 4 aliphatic carbocycles. The number of aliphatic hydroxyl groups excluding tert-OH is 2. The van der Waals surface area contributed by atoms with E-state index in [1.807, 2.05) is 6.92 Å². The Labute approximate surface area is 204 Å². The van der Waals surface area contributed by atoms with Crippen LogP contribution in [0.4, 0.5) is 0 Å². The molecule has 5 rings (SSSR count). The summed E-state index contributed by atoms with van der Waals surface area (Å²) in [5, 5.41) is 20.8. The van der Waals surface area contributed by atoms with Gasteiger partial charge < -0.3 is 19.7 Å². The van der Waals surface area contributed by atoms with Crippen LogP contribution in [-0.2, 0) is 14.3 Å². The highest BCUT2D eigenvalue weighted by Gasteiger charge is 2.61. The molecule has 0 aromatic rings. The Morgan fingerprint density at radius 2 is 2.00 bits per heavy atom. The number of cyclic esters (lactones) is 1. The predicted octanol–water partition coefficient (Wildman–Crippen LogP) is 4.59. The number of allylic oxidation sites excluding steroid dienone is 2. The van der Waals surface area contributed by atoms with Gasteiger partial charge in [-0.15, -0.1) is 0 Å². The fourth-order valence-corrected chi connectivity index (χ4v) is 8.85. The molecule has 10 atom stereocenters. The van der Waals surface area contributed by atoms with Crippen LogP contribution in [0.1, 0.15) is 66.2 Å². The second-order valence-electron chi connectivity index (χ2n) is 12.2. The second-order valence-corrected chi connectivity index (χ2v) is 12.2. The summed E-state index contributed by atoms with van der Waals surface area (Å²) in [4.78, 5) is 12.5. The van der Waals surface area contributed by atoms with Crippen LogP contribution < -0.4 is 0 Å². The molecule has 0 spiro atoms. The van der Waals surface area contributed by atoms with E-state index in [2.05, 4.69) is 39.0 Å². The highest BCUT2D eigenvalue weighted by Crippen LogP contribution is 2.66. The van der Waals surface area contributed by atoms with Gasteiger partial charge in [0.1, 0.15) is 6.10 Å². The zero-order chi connectivity index (χ0) is 24.4. The van der Waals surface area contributed by atoms with Crippen LogP contribution >= 0.6 is 0 Å². The molecule has 2 saturated carbocycles. The summed E-state index contributed by atoms with van der Waals surface area (Å²) in [5.74, 6) is 1.97. The van der Waals surface area contributed by atoms with Crippen molar-refractivity contribution in [3.63, 3.8) is 0 Å². The molecule has 0 aromatic heterocycles. The van der Waals surface area contributed by atoms with Crippen molar-refractivity contribution in [2.24, 2.45) is 40.4 Å². The van der Waals surface area contributed by atoms with Gasteiger partial charge in [-0.1, -0.05) is 44.6 Å². The average molecular weight is 471 g/mol. The summed E-state index contributed by atoms with van der Waals surface area (Å²) in [7, 11) is 1.73. The maximum absolute atomic E-state index is 12.5. The predicted molar refractivity (Wildman–Crippen MR) is 131 cm³/mol. The van der Waals surface area contributed by atoms with E-state index in [0.29, 0.717) is 35.7 Å². The third-order valence-electron chi connectivity index (χ3n) is 11.0. The number of fused-ring (bicyclic) bond motifs is 5. The standard InChI is InChI=1S/C29H42O5/c1-16-12-25(34-27(32)21(16)15-30)17(2)22-8-9-23-20-7-6-18-13-19(33-5)14-26(31)29(18,4)24(20)10-11-28(22,23)3/h6-7,13,17,19-20,22-26,30-31H,8-12,14-15H2,1-5H3/t17-,19+,20-,22+,23-,24-,25?,26-,28+,29-/m0/s1. The van der Waals surface area contributed by atoms with Crippen molar-refractivity contribution in [1.29, 1.82) is 0 Å². The number of carbonyl (C=O) groups excluding carboxylic acids is 1. The number of aliphatic hydroxyl groups is 2. The van der Waals surface area contributed by atoms with Crippen molar-refractivity contribution in [2.45, 2.75) is 84.5 Å². The van der Waals surface area contributed by atoms with Crippen molar-refractivity contribution in [3.8, 4) is 0 Å². The van der Waals surface area contributed by atoms with Gasteiger partial charge in [-0.25, -0.2) is 4.79 Å². The Bertz CT molecular complexity index is 933. The molecule has 0 radical (unpaired) electrons. The van der Waals surface area contributed by atoms with E-state index >= 15 is 0 Å². The summed E-state index contributed by atoms with van der Waals surface area (Å²) in [5.41, 5.74) is 2.66. The first-order chi connectivity index (χ1) is 16.1. The molecule has 34 heavy (non-hydrogen) atoms. The zero-order valence-electron chi connectivity index (χ0n) is 21.4. The van der Waals surface area contributed by atoms with Gasteiger partial charge in [-0.2, -0.15) is 0 Å². The normalized spacial score (nSPS) is 46.9. The second kappa shape index (κ2) is 8.60. The Hall–Kier alpha value is -1.43. The number of hydrogen-bond donors (Lipinski definition) is 2. The van der Waals surface area contributed by atoms with Gasteiger partial charge in [-0.3, -0.25) is 0 Å². The van der Waals surface area contributed by atoms with Gasteiger partial charge >= 0.3 is 5.97 Å². The van der Waals surface area contributed by atoms with E-state index < -0.39 is 0 Å². The molecule has 5 aliphatic rings. The summed E-state index contributed by atoms with van der Waals surface area (Å²) in [6.07, 6.45) is 12.5. The average Bonchev–Trinajstić information content (AvgIpc) is 3.16. The van der Waals surface area contributed by atoms with Crippen LogP contribution in [0, 0.1) is 40.4 Å². The Morgan fingerprint density at radius 3 is 2.68 bits per heavy atom. The van der Waals surface area contributed by atoms with Gasteiger partial charge in [0.05, 0.1) is 24.4 Å².